The molecule has 0 aromatic heterocycles. The quantitative estimate of drug-likeness (QED) is 0.660. The summed E-state index contributed by atoms with van der Waals surface area (Å²) >= 11 is 0. The minimum Gasteiger partial charge on any atom is -0.382 e. The van der Waals surface area contributed by atoms with Gasteiger partial charge >= 0.3 is 0 Å². The lowest BCUT2D eigenvalue weighted by Gasteiger charge is -2.06. The molecule has 0 amide bonds. The standard InChI is InChI=1S/C13H21NO3/c1-15-5-6-16-7-8-17-11-13-4-2-3-12(9-13)10-14/h2-4,9H,5-8,10-11,14H2,1H3. The van der Waals surface area contributed by atoms with E-state index in [-0.39, 0.29) is 0 Å². The molecule has 0 saturated heterocycles. The molecule has 0 aliphatic carbocycles. The van der Waals surface area contributed by atoms with Gasteiger partial charge in [-0.05, 0) is 11.1 Å². The molecule has 4 heteroatoms. The molecule has 0 unspecified atom stereocenters. The van der Waals surface area contributed by atoms with E-state index in [2.05, 4.69) is 6.07 Å². The fraction of sp³-hybridized carbons (Fsp3) is 0.538. The van der Waals surface area contributed by atoms with Gasteiger partial charge in [0.2, 0.25) is 0 Å². The molecular formula is C13H21NO3. The Morgan fingerprint density at radius 3 is 2.47 bits per heavy atom. The maximum absolute atomic E-state index is 5.57. The summed E-state index contributed by atoms with van der Waals surface area (Å²) in [5.74, 6) is 0. The van der Waals surface area contributed by atoms with Gasteiger partial charge in [0.25, 0.3) is 0 Å². The summed E-state index contributed by atoms with van der Waals surface area (Å²) in [6.07, 6.45) is 0. The molecule has 0 spiro atoms. The summed E-state index contributed by atoms with van der Waals surface area (Å²) in [5, 5.41) is 0. The Hall–Kier alpha value is -0.940. The van der Waals surface area contributed by atoms with Gasteiger partial charge in [0.1, 0.15) is 0 Å². The molecule has 1 aromatic rings. The molecule has 0 aliphatic rings. The van der Waals surface area contributed by atoms with Crippen LogP contribution in [0.25, 0.3) is 0 Å². The molecule has 0 aliphatic heterocycles. The molecule has 1 rings (SSSR count). The van der Waals surface area contributed by atoms with Crippen molar-refractivity contribution >= 4 is 0 Å². The molecule has 0 atom stereocenters. The molecule has 0 saturated carbocycles. The van der Waals surface area contributed by atoms with Crippen molar-refractivity contribution in [1.82, 2.24) is 0 Å². The van der Waals surface area contributed by atoms with E-state index in [9.17, 15) is 0 Å². The molecule has 4 nitrogen and oxygen atoms in total. The second-order valence-electron chi connectivity index (χ2n) is 3.68. The van der Waals surface area contributed by atoms with Crippen molar-refractivity contribution in [1.29, 1.82) is 0 Å². The monoisotopic (exact) mass is 239 g/mol. The minimum atomic E-state index is 0.563. The van der Waals surface area contributed by atoms with E-state index >= 15 is 0 Å². The van der Waals surface area contributed by atoms with Crippen LogP contribution in [0.1, 0.15) is 11.1 Å². The van der Waals surface area contributed by atoms with Crippen LogP contribution in [0.15, 0.2) is 24.3 Å². The maximum atomic E-state index is 5.57. The summed E-state index contributed by atoms with van der Waals surface area (Å²) in [6, 6.07) is 8.10. The molecule has 0 bridgehead atoms. The third-order valence-electron chi connectivity index (χ3n) is 2.30. The van der Waals surface area contributed by atoms with Crippen molar-refractivity contribution in [3.8, 4) is 0 Å². The first-order valence-corrected chi connectivity index (χ1v) is 5.79. The van der Waals surface area contributed by atoms with Gasteiger partial charge in [-0.25, -0.2) is 0 Å². The molecule has 96 valence electrons. The molecular weight excluding hydrogens is 218 g/mol. The lowest BCUT2D eigenvalue weighted by Crippen LogP contribution is -2.08. The van der Waals surface area contributed by atoms with Gasteiger partial charge in [-0.15, -0.1) is 0 Å². The van der Waals surface area contributed by atoms with Crippen LogP contribution in [0.3, 0.4) is 0 Å². The Morgan fingerprint density at radius 1 is 1.00 bits per heavy atom. The summed E-state index contributed by atoms with van der Waals surface area (Å²) in [4.78, 5) is 0. The third-order valence-corrected chi connectivity index (χ3v) is 2.30. The second-order valence-corrected chi connectivity index (χ2v) is 3.68. The Morgan fingerprint density at radius 2 is 1.71 bits per heavy atom. The highest BCUT2D eigenvalue weighted by Crippen LogP contribution is 2.05. The number of methoxy groups -OCH3 is 1. The highest BCUT2D eigenvalue weighted by Gasteiger charge is 1.95. The van der Waals surface area contributed by atoms with E-state index in [4.69, 9.17) is 19.9 Å². The molecule has 17 heavy (non-hydrogen) atoms. The normalized spacial score (nSPS) is 10.7. The van der Waals surface area contributed by atoms with Crippen molar-refractivity contribution in [2.45, 2.75) is 13.2 Å². The van der Waals surface area contributed by atoms with Crippen LogP contribution in [-0.2, 0) is 27.4 Å². The van der Waals surface area contributed by atoms with Crippen molar-refractivity contribution in [2.75, 3.05) is 33.5 Å². The summed E-state index contributed by atoms with van der Waals surface area (Å²) in [5.41, 5.74) is 7.84. The largest absolute Gasteiger partial charge is 0.382 e. The number of ether oxygens (including phenoxy) is 3. The molecule has 2 N–H and O–H groups in total. The predicted octanol–water partition coefficient (Wildman–Crippen LogP) is 1.32. The van der Waals surface area contributed by atoms with Crippen LogP contribution < -0.4 is 5.73 Å². The van der Waals surface area contributed by atoms with Gasteiger partial charge in [-0.3, -0.25) is 0 Å². The van der Waals surface area contributed by atoms with Crippen molar-refractivity contribution < 1.29 is 14.2 Å². The average molecular weight is 239 g/mol. The van der Waals surface area contributed by atoms with Crippen LogP contribution in [0.4, 0.5) is 0 Å². The van der Waals surface area contributed by atoms with Crippen LogP contribution in [0.5, 0.6) is 0 Å². The first kappa shape index (κ1) is 14.1. The van der Waals surface area contributed by atoms with E-state index in [1.807, 2.05) is 18.2 Å². The highest BCUT2D eigenvalue weighted by atomic mass is 16.5. The topological polar surface area (TPSA) is 53.7 Å². The SMILES string of the molecule is COCCOCCOCc1cccc(CN)c1. The average Bonchev–Trinajstić information content (AvgIpc) is 2.38. The summed E-state index contributed by atoms with van der Waals surface area (Å²) in [7, 11) is 1.66. The van der Waals surface area contributed by atoms with Gasteiger partial charge in [-0.2, -0.15) is 0 Å². The zero-order chi connectivity index (χ0) is 12.3. The van der Waals surface area contributed by atoms with E-state index in [1.165, 1.54) is 0 Å². The number of rotatable bonds is 9. The van der Waals surface area contributed by atoms with Gasteiger partial charge in [0, 0.05) is 13.7 Å². The second kappa shape index (κ2) is 9.13. The zero-order valence-corrected chi connectivity index (χ0v) is 10.4. The molecule has 1 aromatic carbocycles. The summed E-state index contributed by atoms with van der Waals surface area (Å²) in [6.45, 7) is 3.59. The molecule has 0 heterocycles. The Bertz CT molecular complexity index is 304. The molecule has 0 radical (unpaired) electrons. The first-order chi connectivity index (χ1) is 8.36. The summed E-state index contributed by atoms with van der Waals surface area (Å²) < 4.78 is 15.6. The predicted molar refractivity (Wildman–Crippen MR) is 66.7 cm³/mol. The smallest absolute Gasteiger partial charge is 0.0718 e. The highest BCUT2D eigenvalue weighted by molar-refractivity contribution is 5.22. The minimum absolute atomic E-state index is 0.563. The lowest BCUT2D eigenvalue weighted by molar-refractivity contribution is 0.0199. The maximum Gasteiger partial charge on any atom is 0.0718 e. The van der Waals surface area contributed by atoms with E-state index < -0.39 is 0 Å². The van der Waals surface area contributed by atoms with Gasteiger partial charge < -0.3 is 19.9 Å². The number of nitrogens with two attached hydrogens (primary N) is 1. The van der Waals surface area contributed by atoms with Crippen LogP contribution in [-0.4, -0.2) is 33.5 Å². The van der Waals surface area contributed by atoms with Crippen molar-refractivity contribution in [3.63, 3.8) is 0 Å². The first-order valence-electron chi connectivity index (χ1n) is 5.79. The van der Waals surface area contributed by atoms with Crippen molar-refractivity contribution in [3.05, 3.63) is 35.4 Å². The third kappa shape index (κ3) is 6.38. The Kier molecular flexibility index (Phi) is 7.58. The van der Waals surface area contributed by atoms with Crippen LogP contribution in [0, 0.1) is 0 Å². The lowest BCUT2D eigenvalue weighted by atomic mass is 10.1. The zero-order valence-electron chi connectivity index (χ0n) is 10.4. The number of hydrogen-bond donors (Lipinski definition) is 1. The van der Waals surface area contributed by atoms with E-state index in [0.29, 0.717) is 39.6 Å². The van der Waals surface area contributed by atoms with Gasteiger partial charge in [-0.1, -0.05) is 24.3 Å². The van der Waals surface area contributed by atoms with E-state index in [1.54, 1.807) is 7.11 Å². The van der Waals surface area contributed by atoms with Gasteiger partial charge in [0.15, 0.2) is 0 Å². The van der Waals surface area contributed by atoms with Gasteiger partial charge in [0.05, 0.1) is 33.0 Å². The molecule has 0 fully saturated rings. The van der Waals surface area contributed by atoms with Crippen molar-refractivity contribution in [2.24, 2.45) is 5.73 Å². The fourth-order valence-electron chi connectivity index (χ4n) is 1.40. The number of hydrogen-bond acceptors (Lipinski definition) is 4. The van der Waals surface area contributed by atoms with E-state index in [0.717, 1.165) is 11.1 Å². The fourth-order valence-corrected chi connectivity index (χ4v) is 1.40. The Labute approximate surface area is 103 Å². The van der Waals surface area contributed by atoms with Crippen LogP contribution >= 0.6 is 0 Å². The number of benzene rings is 1. The Balaban J connectivity index is 2.09. The van der Waals surface area contributed by atoms with Crippen LogP contribution in [0.2, 0.25) is 0 Å².